The Bertz CT molecular complexity index is 1070. The summed E-state index contributed by atoms with van der Waals surface area (Å²) in [5.41, 5.74) is 1.30. The van der Waals surface area contributed by atoms with Gasteiger partial charge in [0.05, 0.1) is 28.2 Å². The lowest BCUT2D eigenvalue weighted by Crippen LogP contribution is -2.29. The zero-order valence-electron chi connectivity index (χ0n) is 14.9. The maximum Gasteiger partial charge on any atom is 0.262 e. The number of rotatable bonds is 5. The molecule has 0 radical (unpaired) electrons. The molecule has 2 amide bonds. The first-order valence-corrected chi connectivity index (χ1v) is 9.43. The van der Waals surface area contributed by atoms with E-state index < -0.39 is 0 Å². The smallest absolute Gasteiger partial charge is 0.262 e. The Balaban J connectivity index is 1.39. The number of ether oxygens (including phenoxy) is 1. The second kappa shape index (κ2) is 8.10. The Kier molecular flexibility index (Phi) is 5.37. The van der Waals surface area contributed by atoms with Gasteiger partial charge in [-0.2, -0.15) is 10.1 Å². The molecule has 1 atom stereocenters. The third-order valence-electron chi connectivity index (χ3n) is 4.36. The molecular formula is C19H15Cl2N5O3. The van der Waals surface area contributed by atoms with Crippen molar-refractivity contribution in [2.24, 2.45) is 0 Å². The minimum absolute atomic E-state index is 0.118. The van der Waals surface area contributed by atoms with Gasteiger partial charge in [0, 0.05) is 0 Å². The molecule has 0 saturated carbocycles. The Hall–Kier alpha value is -3.10. The van der Waals surface area contributed by atoms with Gasteiger partial charge in [0.15, 0.2) is 6.61 Å². The molecule has 148 valence electrons. The molecule has 8 nitrogen and oxygen atoms in total. The van der Waals surface area contributed by atoms with E-state index in [1.165, 1.54) is 6.33 Å². The molecule has 0 spiro atoms. The van der Waals surface area contributed by atoms with Crippen molar-refractivity contribution in [2.45, 2.75) is 12.5 Å². The number of hydrogen-bond donors (Lipinski definition) is 2. The Morgan fingerprint density at radius 3 is 2.83 bits per heavy atom. The lowest BCUT2D eigenvalue weighted by Gasteiger charge is -2.23. The van der Waals surface area contributed by atoms with E-state index in [4.69, 9.17) is 27.9 Å². The van der Waals surface area contributed by atoms with Gasteiger partial charge in [-0.05, 0) is 29.8 Å². The minimum Gasteiger partial charge on any atom is -0.484 e. The van der Waals surface area contributed by atoms with E-state index >= 15 is 0 Å². The van der Waals surface area contributed by atoms with E-state index in [2.05, 4.69) is 20.7 Å². The van der Waals surface area contributed by atoms with Gasteiger partial charge >= 0.3 is 0 Å². The monoisotopic (exact) mass is 431 g/mol. The topological polar surface area (TPSA) is 98.1 Å². The summed E-state index contributed by atoms with van der Waals surface area (Å²) in [7, 11) is 0. The first kappa shape index (κ1) is 19.2. The van der Waals surface area contributed by atoms with Crippen LogP contribution in [0.2, 0.25) is 10.0 Å². The Morgan fingerprint density at radius 1 is 1.24 bits per heavy atom. The van der Waals surface area contributed by atoms with Crippen LogP contribution in [0.4, 0.5) is 11.6 Å². The Morgan fingerprint density at radius 2 is 2.03 bits per heavy atom. The second-order valence-corrected chi connectivity index (χ2v) is 7.09. The molecule has 1 aromatic heterocycles. The summed E-state index contributed by atoms with van der Waals surface area (Å²) in [6.07, 6.45) is 1.66. The van der Waals surface area contributed by atoms with Gasteiger partial charge in [0.1, 0.15) is 12.1 Å². The summed E-state index contributed by atoms with van der Waals surface area (Å²) >= 11 is 12.0. The fraction of sp³-hybridized carbons (Fsp3) is 0.158. The molecule has 4 rings (SSSR count). The molecule has 29 heavy (non-hydrogen) atoms. The first-order valence-electron chi connectivity index (χ1n) is 8.67. The number of halogens is 2. The van der Waals surface area contributed by atoms with E-state index in [9.17, 15) is 9.59 Å². The van der Waals surface area contributed by atoms with Gasteiger partial charge < -0.3 is 10.1 Å². The maximum absolute atomic E-state index is 12.1. The molecule has 1 aliphatic heterocycles. The van der Waals surface area contributed by atoms with Crippen molar-refractivity contribution >= 4 is 46.7 Å². The van der Waals surface area contributed by atoms with Crippen LogP contribution in [0.5, 0.6) is 5.75 Å². The van der Waals surface area contributed by atoms with E-state index in [0.29, 0.717) is 22.4 Å². The van der Waals surface area contributed by atoms with E-state index in [-0.39, 0.29) is 35.9 Å². The van der Waals surface area contributed by atoms with Crippen LogP contribution in [-0.4, -0.2) is 33.2 Å². The Labute approximate surface area is 175 Å². The van der Waals surface area contributed by atoms with Crippen LogP contribution in [0.15, 0.2) is 48.8 Å². The fourth-order valence-corrected chi connectivity index (χ4v) is 3.33. The predicted molar refractivity (Wildman–Crippen MR) is 108 cm³/mol. The van der Waals surface area contributed by atoms with Crippen molar-refractivity contribution in [1.29, 1.82) is 0 Å². The number of carbonyl (C=O) groups excluding carboxylic acids is 2. The highest BCUT2D eigenvalue weighted by atomic mass is 35.5. The molecular weight excluding hydrogens is 417 g/mol. The van der Waals surface area contributed by atoms with Crippen molar-refractivity contribution in [3.63, 3.8) is 0 Å². The van der Waals surface area contributed by atoms with Crippen molar-refractivity contribution in [3.05, 3.63) is 64.4 Å². The lowest BCUT2D eigenvalue weighted by molar-refractivity contribution is -0.118. The van der Waals surface area contributed by atoms with Gasteiger partial charge in [-0.1, -0.05) is 41.4 Å². The summed E-state index contributed by atoms with van der Waals surface area (Å²) in [6.45, 7) is -0.193. The standard InChI is InChI=1S/C19H15Cl2N5O3/c20-13-2-1-3-14(18(13)21)24-17(28)9-29-12-6-4-11(5-7-12)15-8-16(27)25-19-22-10-23-26(15)19/h1-7,10,15H,8-9H2,(H,24,28)(H,22,23,25,27)/t15-/m1/s1. The van der Waals surface area contributed by atoms with E-state index in [1.807, 2.05) is 12.1 Å². The average molecular weight is 432 g/mol. The van der Waals surface area contributed by atoms with Gasteiger partial charge in [-0.25, -0.2) is 4.68 Å². The molecule has 2 N–H and O–H groups in total. The van der Waals surface area contributed by atoms with Gasteiger partial charge in [0.25, 0.3) is 5.91 Å². The van der Waals surface area contributed by atoms with Gasteiger partial charge in [-0.15, -0.1) is 0 Å². The zero-order chi connectivity index (χ0) is 20.4. The maximum atomic E-state index is 12.1. The molecule has 0 unspecified atom stereocenters. The van der Waals surface area contributed by atoms with Crippen LogP contribution >= 0.6 is 23.2 Å². The minimum atomic E-state index is -0.366. The number of fused-ring (bicyclic) bond motifs is 1. The van der Waals surface area contributed by atoms with E-state index in [0.717, 1.165) is 5.56 Å². The summed E-state index contributed by atoms with van der Waals surface area (Å²) in [5.74, 6) is 0.449. The summed E-state index contributed by atoms with van der Waals surface area (Å²) in [4.78, 5) is 28.0. The third kappa shape index (κ3) is 4.18. The van der Waals surface area contributed by atoms with Crippen LogP contribution in [-0.2, 0) is 9.59 Å². The molecule has 10 heteroatoms. The average Bonchev–Trinajstić information content (AvgIpc) is 3.18. The van der Waals surface area contributed by atoms with Crippen LogP contribution < -0.4 is 15.4 Å². The van der Waals surface area contributed by atoms with Crippen LogP contribution in [0.3, 0.4) is 0 Å². The molecule has 2 heterocycles. The number of aromatic nitrogens is 3. The van der Waals surface area contributed by atoms with Crippen molar-refractivity contribution < 1.29 is 14.3 Å². The lowest BCUT2D eigenvalue weighted by atomic mass is 10.0. The molecule has 0 saturated heterocycles. The van der Waals surface area contributed by atoms with Gasteiger partial charge in [-0.3, -0.25) is 14.9 Å². The normalized spacial score (nSPS) is 15.4. The summed E-state index contributed by atoms with van der Waals surface area (Å²) in [5, 5.41) is 10.1. The van der Waals surface area contributed by atoms with Crippen molar-refractivity contribution in [2.75, 3.05) is 17.2 Å². The number of amides is 2. The fourth-order valence-electron chi connectivity index (χ4n) is 2.99. The molecule has 1 aliphatic rings. The van der Waals surface area contributed by atoms with Crippen LogP contribution in [0.25, 0.3) is 0 Å². The SMILES string of the molecule is O=C(COc1ccc([C@H]2CC(=O)Nc3ncnn32)cc1)Nc1cccc(Cl)c1Cl. The second-order valence-electron chi connectivity index (χ2n) is 6.30. The quantitative estimate of drug-likeness (QED) is 0.643. The molecule has 0 bridgehead atoms. The van der Waals surface area contributed by atoms with Crippen molar-refractivity contribution in [3.8, 4) is 5.75 Å². The van der Waals surface area contributed by atoms with Gasteiger partial charge in [0.2, 0.25) is 11.9 Å². The van der Waals surface area contributed by atoms with E-state index in [1.54, 1.807) is 35.0 Å². The molecule has 2 aromatic carbocycles. The number of hydrogen-bond acceptors (Lipinski definition) is 5. The number of nitrogens with one attached hydrogen (secondary N) is 2. The number of benzene rings is 2. The molecule has 0 aliphatic carbocycles. The number of nitrogens with zero attached hydrogens (tertiary/aromatic N) is 3. The summed E-state index contributed by atoms with van der Waals surface area (Å²) in [6, 6.07) is 11.9. The molecule has 0 fully saturated rings. The largest absolute Gasteiger partial charge is 0.484 e. The highest BCUT2D eigenvalue weighted by Crippen LogP contribution is 2.30. The molecule has 3 aromatic rings. The van der Waals surface area contributed by atoms with Crippen LogP contribution in [0, 0.1) is 0 Å². The van der Waals surface area contributed by atoms with Crippen molar-refractivity contribution in [1.82, 2.24) is 14.8 Å². The number of anilines is 2. The zero-order valence-corrected chi connectivity index (χ0v) is 16.4. The predicted octanol–water partition coefficient (Wildman–Crippen LogP) is 3.53. The van der Waals surface area contributed by atoms with Crippen LogP contribution in [0.1, 0.15) is 18.0 Å². The first-order chi connectivity index (χ1) is 14.0. The summed E-state index contributed by atoms with van der Waals surface area (Å²) < 4.78 is 7.19. The highest BCUT2D eigenvalue weighted by molar-refractivity contribution is 6.44. The highest BCUT2D eigenvalue weighted by Gasteiger charge is 2.27. The number of carbonyl (C=O) groups is 2. The third-order valence-corrected chi connectivity index (χ3v) is 5.18.